The van der Waals surface area contributed by atoms with Crippen LogP contribution in [0.15, 0.2) is 0 Å². The minimum absolute atomic E-state index is 0.369. The predicted octanol–water partition coefficient (Wildman–Crippen LogP) is 5.84. The zero-order chi connectivity index (χ0) is 18.4. The molecule has 25 heavy (non-hydrogen) atoms. The smallest absolute Gasteiger partial charge is 0.0897 e. The van der Waals surface area contributed by atoms with E-state index in [1.54, 1.807) is 0 Å². The van der Waals surface area contributed by atoms with Crippen LogP contribution in [0.5, 0.6) is 0 Å². The first-order valence-corrected chi connectivity index (χ1v) is 11.2. The van der Waals surface area contributed by atoms with Crippen LogP contribution in [-0.2, 0) is 4.74 Å². The highest BCUT2D eigenvalue weighted by molar-refractivity contribution is 4.55. The average molecular weight is 358 g/mol. The van der Waals surface area contributed by atoms with E-state index in [1.807, 2.05) is 7.05 Å². The van der Waals surface area contributed by atoms with Gasteiger partial charge in [0.05, 0.1) is 12.7 Å². The molecule has 0 fully saturated rings. The first kappa shape index (κ1) is 24.9. The topological polar surface area (TPSA) is 41.5 Å². The Kier molecular flexibility index (Phi) is 21.8. The molecule has 0 aromatic heterocycles. The van der Waals surface area contributed by atoms with Gasteiger partial charge in [-0.2, -0.15) is 0 Å². The molecule has 0 aromatic rings. The minimum atomic E-state index is -0.369. The zero-order valence-electron chi connectivity index (χ0n) is 17.4. The van der Waals surface area contributed by atoms with Gasteiger partial charge in [0.2, 0.25) is 0 Å². The molecule has 1 unspecified atom stereocenters. The fourth-order valence-electron chi connectivity index (χ4n) is 3.27. The monoisotopic (exact) mass is 357 g/mol. The Morgan fingerprint density at radius 2 is 1.08 bits per heavy atom. The quantitative estimate of drug-likeness (QED) is 0.253. The lowest BCUT2D eigenvalue weighted by molar-refractivity contribution is 0.0363. The largest absolute Gasteiger partial charge is 0.389 e. The summed E-state index contributed by atoms with van der Waals surface area (Å²) >= 11 is 0. The molecule has 0 aliphatic carbocycles. The third kappa shape index (κ3) is 21.8. The Hall–Kier alpha value is -0.120. The van der Waals surface area contributed by atoms with Gasteiger partial charge in [-0.3, -0.25) is 0 Å². The summed E-state index contributed by atoms with van der Waals surface area (Å²) in [6, 6.07) is 0. The van der Waals surface area contributed by atoms with Crippen molar-refractivity contribution in [2.24, 2.45) is 0 Å². The maximum atomic E-state index is 9.50. The summed E-state index contributed by atoms with van der Waals surface area (Å²) in [4.78, 5) is 0. The number of ether oxygens (including phenoxy) is 1. The van der Waals surface area contributed by atoms with Crippen molar-refractivity contribution < 1.29 is 9.84 Å². The number of aliphatic hydroxyl groups excluding tert-OH is 1. The number of likely N-dealkylation sites (N-methyl/N-ethyl adjacent to an activating group) is 1. The number of hydrogen-bond acceptors (Lipinski definition) is 3. The maximum Gasteiger partial charge on any atom is 0.0897 e. The SMILES string of the molecule is CCCCCCCCCCCCCCCCCCOCC(O)CNC. The van der Waals surface area contributed by atoms with E-state index in [9.17, 15) is 5.11 Å². The van der Waals surface area contributed by atoms with Gasteiger partial charge in [0, 0.05) is 13.2 Å². The van der Waals surface area contributed by atoms with Crippen LogP contribution in [0.4, 0.5) is 0 Å². The van der Waals surface area contributed by atoms with Gasteiger partial charge in [0.15, 0.2) is 0 Å². The molecule has 0 spiro atoms. The van der Waals surface area contributed by atoms with E-state index in [0.717, 1.165) is 13.0 Å². The summed E-state index contributed by atoms with van der Waals surface area (Å²) in [6.45, 7) is 4.14. The molecule has 1 atom stereocenters. The Bertz CT molecular complexity index is 236. The minimum Gasteiger partial charge on any atom is -0.389 e. The Morgan fingerprint density at radius 3 is 1.48 bits per heavy atom. The lowest BCUT2D eigenvalue weighted by Crippen LogP contribution is -2.28. The highest BCUT2D eigenvalue weighted by Gasteiger charge is 2.01. The van der Waals surface area contributed by atoms with Gasteiger partial charge in [-0.05, 0) is 13.5 Å². The molecule has 0 aliphatic heterocycles. The average Bonchev–Trinajstić information content (AvgIpc) is 2.61. The van der Waals surface area contributed by atoms with Crippen molar-refractivity contribution >= 4 is 0 Å². The molecule has 0 rings (SSSR count). The van der Waals surface area contributed by atoms with Crippen molar-refractivity contribution in [1.82, 2.24) is 5.32 Å². The van der Waals surface area contributed by atoms with E-state index in [1.165, 1.54) is 96.3 Å². The summed E-state index contributed by atoms with van der Waals surface area (Å²) in [5.41, 5.74) is 0. The molecule has 3 nitrogen and oxygen atoms in total. The molecular weight excluding hydrogens is 310 g/mol. The molecule has 0 aromatic carbocycles. The molecule has 0 saturated carbocycles. The summed E-state index contributed by atoms with van der Waals surface area (Å²) < 4.78 is 5.48. The van der Waals surface area contributed by atoms with Gasteiger partial charge >= 0.3 is 0 Å². The van der Waals surface area contributed by atoms with Crippen LogP contribution in [0, 0.1) is 0 Å². The van der Waals surface area contributed by atoms with Crippen molar-refractivity contribution in [2.75, 3.05) is 26.8 Å². The summed E-state index contributed by atoms with van der Waals surface area (Å²) in [6.07, 6.45) is 21.9. The van der Waals surface area contributed by atoms with Crippen LogP contribution in [0.3, 0.4) is 0 Å². The van der Waals surface area contributed by atoms with Crippen molar-refractivity contribution in [2.45, 2.75) is 116 Å². The zero-order valence-corrected chi connectivity index (χ0v) is 17.4. The van der Waals surface area contributed by atoms with Gasteiger partial charge in [0.25, 0.3) is 0 Å². The molecule has 2 N–H and O–H groups in total. The van der Waals surface area contributed by atoms with Crippen LogP contribution in [0.25, 0.3) is 0 Å². The van der Waals surface area contributed by atoms with Gasteiger partial charge in [0.1, 0.15) is 0 Å². The first-order valence-electron chi connectivity index (χ1n) is 11.2. The predicted molar refractivity (Wildman–Crippen MR) is 110 cm³/mol. The number of aliphatic hydroxyl groups is 1. The Morgan fingerprint density at radius 1 is 0.680 bits per heavy atom. The number of hydrogen-bond donors (Lipinski definition) is 2. The number of rotatable bonds is 21. The number of unbranched alkanes of at least 4 members (excludes halogenated alkanes) is 15. The third-order valence-electron chi connectivity index (χ3n) is 4.89. The number of nitrogens with one attached hydrogen (secondary N) is 1. The second kappa shape index (κ2) is 21.9. The standard InChI is InChI=1S/C22H47NO2/c1-3-4-5-6-7-8-9-10-11-12-13-14-15-16-17-18-19-25-21-22(24)20-23-2/h22-24H,3-21H2,1-2H3. The van der Waals surface area contributed by atoms with E-state index in [0.29, 0.717) is 13.2 Å². The van der Waals surface area contributed by atoms with Crippen LogP contribution < -0.4 is 5.32 Å². The van der Waals surface area contributed by atoms with E-state index < -0.39 is 0 Å². The van der Waals surface area contributed by atoms with E-state index >= 15 is 0 Å². The summed E-state index contributed by atoms with van der Waals surface area (Å²) in [7, 11) is 1.85. The van der Waals surface area contributed by atoms with Gasteiger partial charge < -0.3 is 15.2 Å². The van der Waals surface area contributed by atoms with Gasteiger partial charge in [-0.1, -0.05) is 103 Å². The van der Waals surface area contributed by atoms with Crippen molar-refractivity contribution in [3.05, 3.63) is 0 Å². The maximum absolute atomic E-state index is 9.50. The molecule has 0 bridgehead atoms. The third-order valence-corrected chi connectivity index (χ3v) is 4.89. The summed E-state index contributed by atoms with van der Waals surface area (Å²) in [5.74, 6) is 0. The van der Waals surface area contributed by atoms with Crippen LogP contribution >= 0.6 is 0 Å². The molecule has 0 saturated heterocycles. The van der Waals surface area contributed by atoms with Gasteiger partial charge in [-0.25, -0.2) is 0 Å². The lowest BCUT2D eigenvalue weighted by Gasteiger charge is -2.10. The Labute approximate surface area is 158 Å². The first-order chi connectivity index (χ1) is 12.3. The normalized spacial score (nSPS) is 12.6. The van der Waals surface area contributed by atoms with Crippen molar-refractivity contribution in [3.8, 4) is 0 Å². The second-order valence-electron chi connectivity index (χ2n) is 7.59. The fourth-order valence-corrected chi connectivity index (χ4v) is 3.27. The highest BCUT2D eigenvalue weighted by atomic mass is 16.5. The van der Waals surface area contributed by atoms with Crippen LogP contribution in [0.1, 0.15) is 110 Å². The molecule has 0 heterocycles. The molecular formula is C22H47NO2. The van der Waals surface area contributed by atoms with Gasteiger partial charge in [-0.15, -0.1) is 0 Å². The van der Waals surface area contributed by atoms with Crippen LogP contribution in [0.2, 0.25) is 0 Å². The van der Waals surface area contributed by atoms with E-state index in [2.05, 4.69) is 12.2 Å². The van der Waals surface area contributed by atoms with E-state index in [-0.39, 0.29) is 6.10 Å². The molecule has 0 radical (unpaired) electrons. The molecule has 0 amide bonds. The molecule has 3 heteroatoms. The fraction of sp³-hybridized carbons (Fsp3) is 1.00. The summed E-state index contributed by atoms with van der Waals surface area (Å²) in [5, 5.41) is 12.4. The molecule has 0 aliphatic rings. The van der Waals surface area contributed by atoms with Crippen molar-refractivity contribution in [1.29, 1.82) is 0 Å². The molecule has 152 valence electrons. The Balaban J connectivity index is 3.00. The second-order valence-corrected chi connectivity index (χ2v) is 7.59. The van der Waals surface area contributed by atoms with Crippen molar-refractivity contribution in [3.63, 3.8) is 0 Å². The lowest BCUT2D eigenvalue weighted by atomic mass is 10.0. The highest BCUT2D eigenvalue weighted by Crippen LogP contribution is 2.13. The van der Waals surface area contributed by atoms with Crippen LogP contribution in [-0.4, -0.2) is 38.0 Å². The van der Waals surface area contributed by atoms with E-state index in [4.69, 9.17) is 4.74 Å².